The summed E-state index contributed by atoms with van der Waals surface area (Å²) in [5.41, 5.74) is 0. The van der Waals surface area contributed by atoms with Crippen molar-refractivity contribution in [3.05, 3.63) is 0 Å². The van der Waals surface area contributed by atoms with Gasteiger partial charge in [0, 0.05) is 0 Å². The fourth-order valence-corrected chi connectivity index (χ4v) is 0. The van der Waals surface area contributed by atoms with Gasteiger partial charge in [-0.1, -0.05) is 0 Å². The molecule has 0 saturated carbocycles. The minimum atomic E-state index is 0. The van der Waals surface area contributed by atoms with Crippen molar-refractivity contribution in [2.24, 2.45) is 0 Å². The molecule has 0 aliphatic rings. The first kappa shape index (κ1) is 76.8. The standard InChI is InChI=1S/4O.2Th/q4*-2;2*+4. The van der Waals surface area contributed by atoms with Crippen LogP contribution in [0.3, 0.4) is 0 Å². The van der Waals surface area contributed by atoms with Gasteiger partial charge in [-0.05, 0) is 0 Å². The minimum Gasteiger partial charge on any atom is -2.00 e. The molecule has 0 aliphatic carbocycles. The van der Waals surface area contributed by atoms with Gasteiger partial charge in [0.25, 0.3) is 0 Å². The Morgan fingerprint density at radius 1 is 0.333 bits per heavy atom. The molecule has 0 rings (SSSR count). The van der Waals surface area contributed by atoms with Gasteiger partial charge in [-0.15, -0.1) is 0 Å². The monoisotopic (exact) mass is 528 g/mol. The summed E-state index contributed by atoms with van der Waals surface area (Å²) in [6.07, 6.45) is 0. The Hall–Kier alpha value is 2.49. The molecule has 6 heavy (non-hydrogen) atoms. The third-order valence-corrected chi connectivity index (χ3v) is 0. The Morgan fingerprint density at radius 2 is 0.333 bits per heavy atom. The van der Waals surface area contributed by atoms with E-state index in [-0.39, 0.29) is 102 Å². The molecule has 0 heterocycles. The van der Waals surface area contributed by atoms with Crippen LogP contribution in [0.1, 0.15) is 0 Å². The second-order valence-electron chi connectivity index (χ2n) is 0. The van der Waals surface area contributed by atoms with Gasteiger partial charge < -0.3 is 21.9 Å². The molecule has 0 aromatic rings. The fourth-order valence-electron chi connectivity index (χ4n) is 0. The van der Waals surface area contributed by atoms with Crippen LogP contribution in [0.4, 0.5) is 0 Å². The van der Waals surface area contributed by atoms with E-state index in [9.17, 15) is 0 Å². The van der Waals surface area contributed by atoms with E-state index in [4.69, 9.17) is 0 Å². The van der Waals surface area contributed by atoms with Crippen LogP contribution in [0.25, 0.3) is 0 Å². The second kappa shape index (κ2) is 50.9. The predicted octanol–water partition coefficient (Wildman–Crippen LogP) is -0.475. The van der Waals surface area contributed by atoms with E-state index in [0.29, 0.717) is 0 Å². The summed E-state index contributed by atoms with van der Waals surface area (Å²) >= 11 is 0. The van der Waals surface area contributed by atoms with Crippen LogP contribution in [0.5, 0.6) is 0 Å². The van der Waals surface area contributed by atoms with Crippen LogP contribution in [-0.2, 0) is 21.9 Å². The molecule has 0 aromatic carbocycles. The normalized spacial score (nSPS) is 0. The van der Waals surface area contributed by atoms with Crippen molar-refractivity contribution in [3.8, 4) is 0 Å². The van der Waals surface area contributed by atoms with E-state index < -0.39 is 0 Å². The maximum absolute atomic E-state index is 0. The first-order chi connectivity index (χ1) is 0. The van der Waals surface area contributed by atoms with Crippen molar-refractivity contribution in [1.82, 2.24) is 0 Å². The molecule has 4 nitrogen and oxygen atoms in total. The van der Waals surface area contributed by atoms with Crippen LogP contribution in [0.2, 0.25) is 0 Å². The Labute approximate surface area is 99.7 Å². The van der Waals surface area contributed by atoms with Gasteiger partial charge in [0.05, 0.1) is 0 Å². The molecule has 32 valence electrons. The molecule has 0 unspecified atom stereocenters. The number of rotatable bonds is 0. The third kappa shape index (κ3) is 31.6. The molecule has 0 atom stereocenters. The zero-order valence-corrected chi connectivity index (χ0v) is 10.9. The molecule has 0 radical (unpaired) electrons. The summed E-state index contributed by atoms with van der Waals surface area (Å²) in [4.78, 5) is 0. The second-order valence-corrected chi connectivity index (χ2v) is 0. The summed E-state index contributed by atoms with van der Waals surface area (Å²) in [5, 5.41) is 0. The Kier molecular flexibility index (Phi) is 652. The quantitative estimate of drug-likeness (QED) is 0.405. The summed E-state index contributed by atoms with van der Waals surface area (Å²) in [7, 11) is 0. The summed E-state index contributed by atoms with van der Waals surface area (Å²) in [5.74, 6) is 0. The predicted molar refractivity (Wildman–Crippen MR) is 2.75 cm³/mol. The summed E-state index contributed by atoms with van der Waals surface area (Å²) in [6.45, 7) is 0. The topological polar surface area (TPSA) is 114 Å². The van der Waals surface area contributed by atoms with E-state index in [1.807, 2.05) is 0 Å². The van der Waals surface area contributed by atoms with E-state index in [0.717, 1.165) is 0 Å². The van der Waals surface area contributed by atoms with Gasteiger partial charge in [0.15, 0.2) is 0 Å². The Bertz CT molecular complexity index is 5.51. The summed E-state index contributed by atoms with van der Waals surface area (Å²) in [6, 6.07) is 0. The first-order valence-corrected chi connectivity index (χ1v) is 0. The van der Waals surface area contributed by atoms with Gasteiger partial charge in [0.1, 0.15) is 0 Å². The molecule has 0 bridgehead atoms. The molecular weight excluding hydrogens is 528 g/mol. The Balaban J connectivity index is 0. The molecule has 0 saturated heterocycles. The summed E-state index contributed by atoms with van der Waals surface area (Å²) < 4.78 is 0. The number of hydrogen-bond acceptors (Lipinski definition) is 0. The molecule has 6 heteroatoms. The smallest absolute Gasteiger partial charge is 2.00 e. The van der Waals surface area contributed by atoms with E-state index >= 15 is 0 Å². The van der Waals surface area contributed by atoms with E-state index in [1.165, 1.54) is 0 Å². The van der Waals surface area contributed by atoms with Crippen LogP contribution < -0.4 is 0 Å². The SMILES string of the molecule is [O-2].[O-2].[O-2].[O-2].[Th+4].[Th+4]. The molecule has 0 N–H and O–H groups in total. The van der Waals surface area contributed by atoms with Gasteiger partial charge in [-0.3, -0.25) is 0 Å². The third-order valence-electron chi connectivity index (χ3n) is 0. The molecule has 0 aliphatic heterocycles. The van der Waals surface area contributed by atoms with Crippen molar-refractivity contribution in [2.75, 3.05) is 0 Å². The van der Waals surface area contributed by atoms with Crippen molar-refractivity contribution in [3.63, 3.8) is 0 Å². The fraction of sp³-hybridized carbons (Fsp3) is 0. The minimum absolute atomic E-state index is 0. The molecule has 0 spiro atoms. The molecule has 0 amide bonds. The van der Waals surface area contributed by atoms with Crippen LogP contribution in [0, 0.1) is 79.9 Å². The maximum atomic E-state index is 0. The van der Waals surface area contributed by atoms with Crippen molar-refractivity contribution in [2.45, 2.75) is 0 Å². The zero-order valence-electron chi connectivity index (χ0n) is 2.63. The van der Waals surface area contributed by atoms with E-state index in [2.05, 4.69) is 0 Å². The average Bonchev–Trinajstić information content (AvgIpc) is 0. The number of hydrogen-bond donors (Lipinski definition) is 0. The largest absolute Gasteiger partial charge is 4.00 e. The van der Waals surface area contributed by atoms with Crippen LogP contribution in [-0.4, -0.2) is 0 Å². The van der Waals surface area contributed by atoms with Crippen LogP contribution in [0.15, 0.2) is 0 Å². The van der Waals surface area contributed by atoms with Gasteiger partial charge >= 0.3 is 79.9 Å². The van der Waals surface area contributed by atoms with Gasteiger partial charge in [-0.25, -0.2) is 0 Å². The average molecular weight is 528 g/mol. The molecular formula is O4Th2. The maximum Gasteiger partial charge on any atom is 4.00 e. The van der Waals surface area contributed by atoms with E-state index in [1.54, 1.807) is 0 Å². The van der Waals surface area contributed by atoms with Crippen molar-refractivity contribution in [1.29, 1.82) is 0 Å². The zero-order chi connectivity index (χ0) is 0. The van der Waals surface area contributed by atoms with Crippen molar-refractivity contribution < 1.29 is 102 Å². The van der Waals surface area contributed by atoms with Gasteiger partial charge in [-0.2, -0.15) is 0 Å². The van der Waals surface area contributed by atoms with Crippen LogP contribution >= 0.6 is 0 Å². The van der Waals surface area contributed by atoms with Crippen molar-refractivity contribution >= 4 is 0 Å². The van der Waals surface area contributed by atoms with Gasteiger partial charge in [0.2, 0.25) is 0 Å². The molecule has 0 fully saturated rings. The Morgan fingerprint density at radius 3 is 0.333 bits per heavy atom. The molecule has 0 aromatic heterocycles. The first-order valence-electron chi connectivity index (χ1n) is 0.